The highest BCUT2D eigenvalue weighted by Crippen LogP contribution is 2.51. The predicted octanol–water partition coefficient (Wildman–Crippen LogP) is 6.79. The van der Waals surface area contributed by atoms with Gasteiger partial charge in [-0.1, -0.05) is 83.5 Å². The first kappa shape index (κ1) is 26.5. The predicted molar refractivity (Wildman–Crippen MR) is 152 cm³/mol. The molecule has 1 heterocycles. The number of hydrogen-bond acceptors (Lipinski definition) is 5. The van der Waals surface area contributed by atoms with Crippen molar-refractivity contribution in [2.24, 2.45) is 5.92 Å². The molecule has 7 nitrogen and oxygen atoms in total. The summed E-state index contributed by atoms with van der Waals surface area (Å²) in [5, 5.41) is 1.71. The molecule has 40 heavy (non-hydrogen) atoms. The molecule has 2 saturated carbocycles. The molecule has 0 aromatic heterocycles. The third-order valence-electron chi connectivity index (χ3n) is 8.41. The molecule has 0 unspecified atom stereocenters. The van der Waals surface area contributed by atoms with Gasteiger partial charge in [-0.25, -0.2) is 4.79 Å². The molecule has 1 aliphatic heterocycles. The van der Waals surface area contributed by atoms with E-state index in [9.17, 15) is 9.59 Å². The van der Waals surface area contributed by atoms with Crippen molar-refractivity contribution >= 4 is 17.9 Å². The minimum Gasteiger partial charge on any atom is -0.444 e. The van der Waals surface area contributed by atoms with Crippen molar-refractivity contribution < 1.29 is 23.8 Å². The van der Waals surface area contributed by atoms with E-state index in [1.807, 2.05) is 78.9 Å². The summed E-state index contributed by atoms with van der Waals surface area (Å²) in [4.78, 5) is 28.5. The first-order chi connectivity index (χ1) is 19.7. The average molecular weight is 542 g/mol. The molecular weight excluding hydrogens is 504 g/mol. The summed E-state index contributed by atoms with van der Waals surface area (Å²) < 4.78 is 17.5. The standard InChI is InChI=1S/C33H37N2O5/c36-32(39-21-20-38-23-25-10-3-1-4-11-25)34(29-18-19-29)35(33(37)40-24-26-12-5-2-6-13-26)30-16-8-7-14-27(30)22-28-15-9-17-31(28)35/h1-8,10-14,16,28-29,31H,9,15,17-24H2/q+1/t28-,31-,35+/m1/s1. The molecule has 0 N–H and O–H groups in total. The van der Waals surface area contributed by atoms with Gasteiger partial charge in [-0.05, 0) is 43.2 Å². The molecule has 3 aliphatic rings. The van der Waals surface area contributed by atoms with E-state index in [1.165, 1.54) is 0 Å². The lowest BCUT2D eigenvalue weighted by atomic mass is 9.86. The Morgan fingerprint density at radius 3 is 2.15 bits per heavy atom. The molecule has 2 aliphatic carbocycles. The summed E-state index contributed by atoms with van der Waals surface area (Å²) in [6.45, 7) is 0.998. The van der Waals surface area contributed by atoms with Gasteiger partial charge in [-0.2, -0.15) is 4.79 Å². The second-order valence-electron chi connectivity index (χ2n) is 11.0. The molecule has 0 bridgehead atoms. The van der Waals surface area contributed by atoms with Crippen molar-refractivity contribution in [2.75, 3.05) is 13.2 Å². The van der Waals surface area contributed by atoms with Crippen LogP contribution < -0.4 is 4.59 Å². The van der Waals surface area contributed by atoms with Crippen molar-refractivity contribution in [1.82, 2.24) is 9.60 Å². The maximum Gasteiger partial charge on any atom is 0.547 e. The fourth-order valence-electron chi connectivity index (χ4n) is 6.51. The molecule has 2 fully saturated rings. The SMILES string of the molecule is O=C(OCCOCc1ccccc1)N(C1CC1)[N@@+]1(C(=O)OCc2ccccc2)c2ccccc2C[C@H]2CCC[C@H]21. The average Bonchev–Trinajstić information content (AvgIpc) is 3.71. The number of benzene rings is 3. The Kier molecular flexibility index (Phi) is 7.84. The Morgan fingerprint density at radius 2 is 1.43 bits per heavy atom. The number of rotatable bonds is 8. The number of carbonyl (C=O) groups excluding carboxylic acids is 2. The highest BCUT2D eigenvalue weighted by atomic mass is 16.6. The number of para-hydroxylation sites is 1. The van der Waals surface area contributed by atoms with E-state index in [-0.39, 0.29) is 36.5 Å². The second-order valence-corrected chi connectivity index (χ2v) is 11.0. The van der Waals surface area contributed by atoms with Crippen LogP contribution in [-0.4, -0.2) is 42.5 Å². The number of nitrogens with zero attached hydrogens (tertiary/aromatic N) is 2. The van der Waals surface area contributed by atoms with Crippen LogP contribution in [-0.2, 0) is 33.8 Å². The number of ether oxygens (including phenoxy) is 3. The second kappa shape index (κ2) is 11.8. The number of carbonyl (C=O) groups is 2. The van der Waals surface area contributed by atoms with Crippen molar-refractivity contribution in [3.8, 4) is 0 Å². The minimum atomic E-state index is -0.482. The van der Waals surface area contributed by atoms with E-state index in [0.717, 1.165) is 60.9 Å². The van der Waals surface area contributed by atoms with E-state index in [0.29, 0.717) is 12.5 Å². The van der Waals surface area contributed by atoms with Gasteiger partial charge in [-0.3, -0.25) is 0 Å². The molecule has 2 amide bonds. The monoisotopic (exact) mass is 541 g/mol. The maximum absolute atomic E-state index is 14.5. The van der Waals surface area contributed by atoms with Crippen LogP contribution in [0.4, 0.5) is 15.3 Å². The fraction of sp³-hybridized carbons (Fsp3) is 0.394. The highest BCUT2D eigenvalue weighted by Gasteiger charge is 2.65. The molecule has 6 rings (SSSR count). The van der Waals surface area contributed by atoms with Gasteiger partial charge in [-0.15, -0.1) is 5.01 Å². The Hall–Kier alpha value is -3.68. The Labute approximate surface area is 235 Å². The van der Waals surface area contributed by atoms with Crippen molar-refractivity contribution in [2.45, 2.75) is 63.8 Å². The van der Waals surface area contributed by atoms with Crippen LogP contribution in [0.5, 0.6) is 0 Å². The molecule has 0 radical (unpaired) electrons. The molecule has 208 valence electrons. The van der Waals surface area contributed by atoms with E-state index in [1.54, 1.807) is 5.01 Å². The molecule has 3 atom stereocenters. The molecule has 0 saturated heterocycles. The topological polar surface area (TPSA) is 65.1 Å². The highest BCUT2D eigenvalue weighted by molar-refractivity contribution is 5.88. The van der Waals surface area contributed by atoms with Gasteiger partial charge in [0.15, 0.2) is 5.69 Å². The first-order valence-electron chi connectivity index (χ1n) is 14.4. The van der Waals surface area contributed by atoms with Gasteiger partial charge in [0.2, 0.25) is 0 Å². The zero-order valence-electron chi connectivity index (χ0n) is 22.8. The van der Waals surface area contributed by atoms with E-state index >= 15 is 0 Å². The summed E-state index contributed by atoms with van der Waals surface area (Å²) in [7, 11) is 0. The van der Waals surface area contributed by atoms with Gasteiger partial charge < -0.3 is 14.2 Å². The largest absolute Gasteiger partial charge is 0.547 e. The number of fused-ring (bicyclic) bond motifs is 2. The summed E-state index contributed by atoms with van der Waals surface area (Å²) >= 11 is 0. The summed E-state index contributed by atoms with van der Waals surface area (Å²) in [6.07, 6.45) is 4.61. The Balaban J connectivity index is 1.28. The third kappa shape index (κ3) is 5.23. The van der Waals surface area contributed by atoms with Gasteiger partial charge >= 0.3 is 12.2 Å². The van der Waals surface area contributed by atoms with Crippen molar-refractivity contribution in [3.05, 3.63) is 102 Å². The Bertz CT molecular complexity index is 1310. The lowest BCUT2D eigenvalue weighted by Gasteiger charge is -2.49. The zero-order chi connectivity index (χ0) is 27.4. The summed E-state index contributed by atoms with van der Waals surface area (Å²) in [5.74, 6) is 0.294. The lowest BCUT2D eigenvalue weighted by Crippen LogP contribution is -2.74. The van der Waals surface area contributed by atoms with Gasteiger partial charge in [0, 0.05) is 24.0 Å². The van der Waals surface area contributed by atoms with Crippen LogP contribution in [0.3, 0.4) is 0 Å². The van der Waals surface area contributed by atoms with Gasteiger partial charge in [0.05, 0.1) is 19.3 Å². The lowest BCUT2D eigenvalue weighted by molar-refractivity contribution is -0.0618. The molecule has 3 aromatic rings. The maximum atomic E-state index is 14.5. The molecule has 3 aromatic carbocycles. The number of hydrogen-bond donors (Lipinski definition) is 0. The molecule has 7 heteroatoms. The summed E-state index contributed by atoms with van der Waals surface area (Å²) in [6, 6.07) is 27.5. The smallest absolute Gasteiger partial charge is 0.444 e. The van der Waals surface area contributed by atoms with Crippen molar-refractivity contribution in [1.29, 1.82) is 0 Å². The molecular formula is C33H37N2O5+. The quantitative estimate of drug-likeness (QED) is 0.232. The van der Waals surface area contributed by atoms with E-state index in [2.05, 4.69) is 6.07 Å². The van der Waals surface area contributed by atoms with E-state index in [4.69, 9.17) is 14.2 Å². The summed E-state index contributed by atoms with van der Waals surface area (Å²) in [5.41, 5.74) is 3.93. The van der Waals surface area contributed by atoms with E-state index < -0.39 is 12.2 Å². The van der Waals surface area contributed by atoms with Gasteiger partial charge in [0.25, 0.3) is 0 Å². The number of quaternary nitrogens is 1. The van der Waals surface area contributed by atoms with Crippen LogP contribution >= 0.6 is 0 Å². The first-order valence-corrected chi connectivity index (χ1v) is 14.4. The van der Waals surface area contributed by atoms with Crippen LogP contribution in [0.2, 0.25) is 0 Å². The van der Waals surface area contributed by atoms with Crippen LogP contribution in [0.1, 0.15) is 48.8 Å². The normalized spacial score (nSPS) is 23.1. The zero-order valence-corrected chi connectivity index (χ0v) is 22.8. The minimum absolute atomic E-state index is 0.0688. The number of amides is 2. The fourth-order valence-corrected chi connectivity index (χ4v) is 6.51. The molecule has 0 spiro atoms. The van der Waals surface area contributed by atoms with Crippen LogP contribution in [0.15, 0.2) is 84.9 Å². The third-order valence-corrected chi connectivity index (χ3v) is 8.41. The van der Waals surface area contributed by atoms with Gasteiger partial charge in [0.1, 0.15) is 19.3 Å². The van der Waals surface area contributed by atoms with Crippen LogP contribution in [0, 0.1) is 5.92 Å². The van der Waals surface area contributed by atoms with Crippen molar-refractivity contribution in [3.63, 3.8) is 0 Å². The Morgan fingerprint density at radius 1 is 0.750 bits per heavy atom. The van der Waals surface area contributed by atoms with Crippen LogP contribution in [0.25, 0.3) is 0 Å².